The van der Waals surface area contributed by atoms with Crippen LogP contribution in [0.3, 0.4) is 0 Å². The van der Waals surface area contributed by atoms with Crippen molar-refractivity contribution in [1.82, 2.24) is 0 Å². The molecule has 0 spiro atoms. The van der Waals surface area contributed by atoms with Gasteiger partial charge in [-0.3, -0.25) is 14.4 Å². The molecule has 0 fully saturated rings. The van der Waals surface area contributed by atoms with Gasteiger partial charge in [-0.2, -0.15) is 0 Å². The van der Waals surface area contributed by atoms with Crippen LogP contribution in [0.5, 0.6) is 0 Å². The van der Waals surface area contributed by atoms with Crippen molar-refractivity contribution in [3.05, 3.63) is 146 Å². The predicted octanol–water partition coefficient (Wildman–Crippen LogP) is 21.9. The van der Waals surface area contributed by atoms with Gasteiger partial charge >= 0.3 is 17.9 Å². The minimum atomic E-state index is -0.819. The lowest BCUT2D eigenvalue weighted by molar-refractivity contribution is -0.167. The van der Waals surface area contributed by atoms with Gasteiger partial charge < -0.3 is 14.2 Å². The Morgan fingerprint density at radius 1 is 0.269 bits per heavy atom. The Bertz CT molecular complexity index is 1710. The van der Waals surface area contributed by atoms with Crippen LogP contribution in [0.15, 0.2) is 146 Å². The molecule has 0 amide bonds. The summed E-state index contributed by atoms with van der Waals surface area (Å²) in [6, 6.07) is 0. The van der Waals surface area contributed by atoms with E-state index in [9.17, 15) is 14.4 Å². The van der Waals surface area contributed by atoms with E-state index in [1.54, 1.807) is 0 Å². The number of allylic oxidation sites excluding steroid dienone is 24. The Balaban J connectivity index is 4.54. The van der Waals surface area contributed by atoms with E-state index in [1.165, 1.54) is 96.3 Å². The highest BCUT2D eigenvalue weighted by Gasteiger charge is 2.19. The van der Waals surface area contributed by atoms with E-state index in [2.05, 4.69) is 167 Å². The van der Waals surface area contributed by atoms with Crippen molar-refractivity contribution in [3.8, 4) is 0 Å². The molecule has 0 rings (SSSR count). The molecule has 0 heterocycles. The van der Waals surface area contributed by atoms with Gasteiger partial charge in [-0.15, -0.1) is 0 Å². The zero-order chi connectivity index (χ0) is 56.4. The van der Waals surface area contributed by atoms with E-state index in [0.29, 0.717) is 19.3 Å². The molecule has 1 unspecified atom stereocenters. The average molecular weight is 1080 g/mol. The summed E-state index contributed by atoms with van der Waals surface area (Å²) in [5.74, 6) is -0.989. The molecule has 0 aromatic heterocycles. The smallest absolute Gasteiger partial charge is 0.306 e. The number of hydrogen-bond donors (Lipinski definition) is 0. The molecule has 440 valence electrons. The van der Waals surface area contributed by atoms with Gasteiger partial charge in [0.25, 0.3) is 0 Å². The summed E-state index contributed by atoms with van der Waals surface area (Å²) in [6.07, 6.45) is 92.8. The van der Waals surface area contributed by atoms with Crippen LogP contribution < -0.4 is 0 Å². The number of carbonyl (C=O) groups excluding carboxylic acids is 3. The van der Waals surface area contributed by atoms with E-state index >= 15 is 0 Å². The number of carbonyl (C=O) groups is 3. The second-order valence-corrected chi connectivity index (χ2v) is 20.5. The monoisotopic (exact) mass is 1080 g/mol. The number of hydrogen-bond acceptors (Lipinski definition) is 6. The van der Waals surface area contributed by atoms with Crippen LogP contribution >= 0.6 is 0 Å². The number of rotatable bonds is 56. The molecule has 0 saturated heterocycles. The van der Waals surface area contributed by atoms with Crippen LogP contribution in [-0.4, -0.2) is 37.2 Å². The molecule has 0 aliphatic carbocycles. The molecule has 0 aliphatic heterocycles. The molecule has 0 aromatic rings. The van der Waals surface area contributed by atoms with Crippen molar-refractivity contribution in [2.75, 3.05) is 13.2 Å². The predicted molar refractivity (Wildman–Crippen MR) is 339 cm³/mol. The molecule has 6 heteroatoms. The van der Waals surface area contributed by atoms with Crippen LogP contribution in [0.4, 0.5) is 0 Å². The molecule has 1 atom stereocenters. The maximum atomic E-state index is 12.9. The van der Waals surface area contributed by atoms with Gasteiger partial charge in [-0.1, -0.05) is 263 Å². The quantitative estimate of drug-likeness (QED) is 0.0261. The van der Waals surface area contributed by atoms with E-state index in [1.807, 2.05) is 0 Å². The first kappa shape index (κ1) is 73.3. The molecule has 0 aromatic carbocycles. The highest BCUT2D eigenvalue weighted by atomic mass is 16.6. The molecule has 0 N–H and O–H groups in total. The Morgan fingerprint density at radius 2 is 0.513 bits per heavy atom. The third kappa shape index (κ3) is 62.1. The zero-order valence-corrected chi connectivity index (χ0v) is 50.4. The fourth-order valence-corrected chi connectivity index (χ4v) is 8.36. The van der Waals surface area contributed by atoms with Crippen molar-refractivity contribution < 1.29 is 28.6 Å². The van der Waals surface area contributed by atoms with Crippen LogP contribution in [0.2, 0.25) is 0 Å². The molecule has 0 bridgehead atoms. The van der Waals surface area contributed by atoms with Gasteiger partial charge in [0.1, 0.15) is 13.2 Å². The lowest BCUT2D eigenvalue weighted by Gasteiger charge is -2.18. The third-order valence-electron chi connectivity index (χ3n) is 13.1. The Kier molecular flexibility index (Phi) is 60.9. The standard InChI is InChI=1S/C72H116O6/c1-4-7-10-13-16-19-22-25-28-31-34-35-36-37-39-41-44-47-50-53-56-59-62-65-71(74)77-68-69(67-76-70(73)64-61-58-55-52-49-46-43-40-33-30-27-24-21-18-15-12-9-6-3)78-72(75)66-63-60-57-54-51-48-45-42-38-32-29-26-23-20-17-14-11-8-5-2/h7-8,10-11,16-17,19-20,25-26,28-30,33-35,37-39,42,44,47,53,56,69H,4-6,9,12-15,18,21-24,27,31-32,36,40-41,43,45-46,48-52,54-55,57-68H2,1-3H3/b10-7-,11-8-,19-16-,20-17-,28-25-,29-26-,33-30-,35-34-,39-37-,42-38-,47-44-,56-53-. The fraction of sp³-hybridized carbons (Fsp3) is 0.625. The largest absolute Gasteiger partial charge is 0.462 e. The van der Waals surface area contributed by atoms with E-state index in [0.717, 1.165) is 128 Å². The van der Waals surface area contributed by atoms with Crippen molar-refractivity contribution in [1.29, 1.82) is 0 Å². The zero-order valence-electron chi connectivity index (χ0n) is 50.4. The van der Waals surface area contributed by atoms with Crippen LogP contribution in [0.1, 0.15) is 271 Å². The van der Waals surface area contributed by atoms with Gasteiger partial charge in [0.15, 0.2) is 6.10 Å². The highest BCUT2D eigenvalue weighted by Crippen LogP contribution is 2.14. The summed E-state index contributed by atoms with van der Waals surface area (Å²) in [6.45, 7) is 6.35. The molecule has 0 saturated carbocycles. The van der Waals surface area contributed by atoms with Crippen molar-refractivity contribution in [2.45, 2.75) is 277 Å². The summed E-state index contributed by atoms with van der Waals surface area (Å²) in [7, 11) is 0. The summed E-state index contributed by atoms with van der Waals surface area (Å²) in [5.41, 5.74) is 0. The van der Waals surface area contributed by atoms with E-state index in [4.69, 9.17) is 14.2 Å². The minimum absolute atomic E-state index is 0.109. The fourth-order valence-electron chi connectivity index (χ4n) is 8.36. The number of unbranched alkanes of at least 4 members (excludes halogenated alkanes) is 21. The maximum absolute atomic E-state index is 12.9. The third-order valence-corrected chi connectivity index (χ3v) is 13.1. The summed E-state index contributed by atoms with van der Waals surface area (Å²) < 4.78 is 16.9. The first-order valence-corrected chi connectivity index (χ1v) is 31.8. The Morgan fingerprint density at radius 3 is 0.846 bits per heavy atom. The molecular formula is C72H116O6. The first-order chi connectivity index (χ1) is 38.5. The second kappa shape index (κ2) is 64.8. The number of ether oxygens (including phenoxy) is 3. The van der Waals surface area contributed by atoms with Gasteiger partial charge in [0, 0.05) is 19.3 Å². The molecule has 78 heavy (non-hydrogen) atoms. The van der Waals surface area contributed by atoms with Gasteiger partial charge in [-0.25, -0.2) is 0 Å². The lowest BCUT2D eigenvalue weighted by atomic mass is 10.1. The summed E-state index contributed by atoms with van der Waals surface area (Å²) in [4.78, 5) is 38.3. The van der Waals surface area contributed by atoms with Crippen LogP contribution in [0, 0.1) is 0 Å². The minimum Gasteiger partial charge on any atom is -0.462 e. The van der Waals surface area contributed by atoms with Gasteiger partial charge in [0.05, 0.1) is 0 Å². The van der Waals surface area contributed by atoms with Gasteiger partial charge in [0.2, 0.25) is 0 Å². The average Bonchev–Trinajstić information content (AvgIpc) is 3.44. The highest BCUT2D eigenvalue weighted by molar-refractivity contribution is 5.71. The van der Waals surface area contributed by atoms with E-state index in [-0.39, 0.29) is 37.5 Å². The normalized spacial score (nSPS) is 13.1. The maximum Gasteiger partial charge on any atom is 0.306 e. The van der Waals surface area contributed by atoms with Gasteiger partial charge in [-0.05, 0) is 135 Å². The molecule has 6 nitrogen and oxygen atoms in total. The SMILES string of the molecule is CC/C=C\C/C=C\C/C=C\C/C=C\C/C=C\C/C=C\C/C=C\CCCC(=O)OCC(COC(=O)CCCCCCCCC/C=C\CCCCCCCCC)OC(=O)CCCCCCCC/C=C\C/C=C\C/C=C\C/C=C\CC. The molecule has 0 aliphatic rings. The Labute approximate surface area is 480 Å². The van der Waals surface area contributed by atoms with Crippen molar-refractivity contribution in [2.24, 2.45) is 0 Å². The Hall–Kier alpha value is -4.71. The molecular weight excluding hydrogens is 961 g/mol. The summed E-state index contributed by atoms with van der Waals surface area (Å²) >= 11 is 0. The topological polar surface area (TPSA) is 78.9 Å². The first-order valence-electron chi connectivity index (χ1n) is 31.8. The lowest BCUT2D eigenvalue weighted by Crippen LogP contribution is -2.30. The van der Waals surface area contributed by atoms with Crippen LogP contribution in [-0.2, 0) is 28.6 Å². The van der Waals surface area contributed by atoms with Crippen molar-refractivity contribution >= 4 is 17.9 Å². The van der Waals surface area contributed by atoms with Crippen LogP contribution in [0.25, 0.3) is 0 Å². The van der Waals surface area contributed by atoms with E-state index < -0.39 is 6.10 Å². The number of esters is 3. The van der Waals surface area contributed by atoms with Crippen molar-refractivity contribution in [3.63, 3.8) is 0 Å². The summed E-state index contributed by atoms with van der Waals surface area (Å²) in [5, 5.41) is 0. The molecule has 0 radical (unpaired) electrons. The second-order valence-electron chi connectivity index (χ2n) is 20.5.